The van der Waals surface area contributed by atoms with E-state index in [1.54, 1.807) is 18.2 Å². The molecule has 0 aromatic heterocycles. The van der Waals surface area contributed by atoms with E-state index in [9.17, 15) is 9.59 Å². The molecule has 0 heterocycles. The van der Waals surface area contributed by atoms with E-state index in [1.165, 1.54) is 0 Å². The fraction of sp³-hybridized carbons (Fsp3) is 0.263. The van der Waals surface area contributed by atoms with Crippen molar-refractivity contribution in [2.24, 2.45) is 0 Å². The van der Waals surface area contributed by atoms with Crippen molar-refractivity contribution >= 4 is 23.5 Å². The summed E-state index contributed by atoms with van der Waals surface area (Å²) in [5.74, 6) is -0.318. The van der Waals surface area contributed by atoms with Gasteiger partial charge in [-0.25, -0.2) is 4.79 Å². The molecule has 0 fully saturated rings. The highest BCUT2D eigenvalue weighted by molar-refractivity contribution is 6.30. The fourth-order valence-corrected chi connectivity index (χ4v) is 2.22. The molecule has 6 heteroatoms. The lowest BCUT2D eigenvalue weighted by Crippen LogP contribution is -2.31. The molecule has 0 unspecified atom stereocenters. The standard InChI is InChI=1S/C19H20ClNO4/c1-14-4-2-3-5-17(14)24-13-19(23)25-12-18(22)21-11-10-15-6-8-16(20)9-7-15/h2-9H,10-13H2,1H3,(H,21,22). The number of hydrogen-bond acceptors (Lipinski definition) is 4. The summed E-state index contributed by atoms with van der Waals surface area (Å²) in [7, 11) is 0. The van der Waals surface area contributed by atoms with Gasteiger partial charge in [0.1, 0.15) is 5.75 Å². The van der Waals surface area contributed by atoms with Crippen molar-refractivity contribution in [2.75, 3.05) is 19.8 Å². The predicted octanol–water partition coefficient (Wildman–Crippen LogP) is 2.93. The van der Waals surface area contributed by atoms with E-state index in [4.69, 9.17) is 21.1 Å². The van der Waals surface area contributed by atoms with Crippen molar-refractivity contribution in [1.82, 2.24) is 5.32 Å². The van der Waals surface area contributed by atoms with Crippen LogP contribution in [-0.4, -0.2) is 31.6 Å². The van der Waals surface area contributed by atoms with Crippen LogP contribution in [0.4, 0.5) is 0 Å². The van der Waals surface area contributed by atoms with E-state index >= 15 is 0 Å². The SMILES string of the molecule is Cc1ccccc1OCC(=O)OCC(=O)NCCc1ccc(Cl)cc1. The molecule has 0 saturated heterocycles. The average molecular weight is 362 g/mol. The lowest BCUT2D eigenvalue weighted by molar-refractivity contribution is -0.150. The number of rotatable bonds is 8. The third-order valence-corrected chi connectivity index (χ3v) is 3.70. The summed E-state index contributed by atoms with van der Waals surface area (Å²) in [5, 5.41) is 3.37. The number of ether oxygens (including phenoxy) is 2. The second-order valence-corrected chi connectivity index (χ2v) is 5.88. The molecule has 1 N–H and O–H groups in total. The molecule has 2 aromatic carbocycles. The number of benzene rings is 2. The van der Waals surface area contributed by atoms with Crippen LogP contribution in [0.1, 0.15) is 11.1 Å². The van der Waals surface area contributed by atoms with Crippen LogP contribution in [0.5, 0.6) is 5.75 Å². The molecule has 25 heavy (non-hydrogen) atoms. The molecule has 0 aliphatic heterocycles. The quantitative estimate of drug-likeness (QED) is 0.734. The number of esters is 1. The summed E-state index contributed by atoms with van der Waals surface area (Å²) in [6.07, 6.45) is 0.674. The van der Waals surface area contributed by atoms with Gasteiger partial charge in [-0.1, -0.05) is 41.9 Å². The fourth-order valence-electron chi connectivity index (χ4n) is 2.09. The first-order valence-electron chi connectivity index (χ1n) is 7.90. The Balaban J connectivity index is 1.61. The molecule has 0 atom stereocenters. The average Bonchev–Trinajstić information content (AvgIpc) is 2.61. The van der Waals surface area contributed by atoms with E-state index < -0.39 is 5.97 Å². The smallest absolute Gasteiger partial charge is 0.344 e. The highest BCUT2D eigenvalue weighted by atomic mass is 35.5. The normalized spacial score (nSPS) is 10.2. The zero-order valence-corrected chi connectivity index (χ0v) is 14.7. The monoisotopic (exact) mass is 361 g/mol. The molecule has 0 bridgehead atoms. The molecule has 2 rings (SSSR count). The van der Waals surface area contributed by atoms with Gasteiger partial charge in [0, 0.05) is 11.6 Å². The number of nitrogens with one attached hydrogen (secondary N) is 1. The zero-order valence-electron chi connectivity index (χ0n) is 14.0. The number of hydrogen-bond donors (Lipinski definition) is 1. The van der Waals surface area contributed by atoms with Gasteiger partial charge in [0.2, 0.25) is 0 Å². The van der Waals surface area contributed by atoms with Crippen LogP contribution in [0.25, 0.3) is 0 Å². The predicted molar refractivity (Wildman–Crippen MR) is 95.8 cm³/mol. The molecular formula is C19H20ClNO4. The highest BCUT2D eigenvalue weighted by Crippen LogP contribution is 2.15. The summed E-state index contributed by atoms with van der Waals surface area (Å²) in [5.41, 5.74) is 1.99. The Morgan fingerprint density at radius 2 is 1.76 bits per heavy atom. The van der Waals surface area contributed by atoms with Crippen molar-refractivity contribution < 1.29 is 19.1 Å². The minimum atomic E-state index is -0.587. The van der Waals surface area contributed by atoms with Gasteiger partial charge in [-0.15, -0.1) is 0 Å². The number of halogens is 1. The molecule has 0 saturated carbocycles. The van der Waals surface area contributed by atoms with E-state index in [1.807, 2.05) is 37.3 Å². The highest BCUT2D eigenvalue weighted by Gasteiger charge is 2.09. The van der Waals surface area contributed by atoms with Gasteiger partial charge in [-0.2, -0.15) is 0 Å². The van der Waals surface area contributed by atoms with Crippen LogP contribution in [-0.2, 0) is 20.7 Å². The first-order chi connectivity index (χ1) is 12.0. The largest absolute Gasteiger partial charge is 0.482 e. The van der Waals surface area contributed by atoms with Gasteiger partial charge < -0.3 is 14.8 Å². The Bertz CT molecular complexity index is 716. The van der Waals surface area contributed by atoms with E-state index in [0.29, 0.717) is 23.7 Å². The van der Waals surface area contributed by atoms with Crippen molar-refractivity contribution in [2.45, 2.75) is 13.3 Å². The Hall–Kier alpha value is -2.53. The van der Waals surface area contributed by atoms with Gasteiger partial charge in [0.15, 0.2) is 13.2 Å². The van der Waals surface area contributed by atoms with Crippen LogP contribution in [0.15, 0.2) is 48.5 Å². The summed E-state index contributed by atoms with van der Waals surface area (Å²) in [6, 6.07) is 14.8. The third-order valence-electron chi connectivity index (χ3n) is 3.45. The molecule has 5 nitrogen and oxygen atoms in total. The Morgan fingerprint density at radius 1 is 1.04 bits per heavy atom. The Morgan fingerprint density at radius 3 is 2.48 bits per heavy atom. The van der Waals surface area contributed by atoms with E-state index in [2.05, 4.69) is 5.32 Å². The van der Waals surface area contributed by atoms with Gasteiger partial charge in [0.05, 0.1) is 0 Å². The molecule has 0 aliphatic carbocycles. The van der Waals surface area contributed by atoms with Crippen LogP contribution in [0.3, 0.4) is 0 Å². The summed E-state index contributed by atoms with van der Waals surface area (Å²) < 4.78 is 10.3. The number of amides is 1. The molecule has 1 amide bonds. The third kappa shape index (κ3) is 6.85. The second-order valence-electron chi connectivity index (χ2n) is 5.44. The maximum atomic E-state index is 11.7. The number of para-hydroxylation sites is 1. The number of aryl methyl sites for hydroxylation is 1. The molecule has 2 aromatic rings. The summed E-state index contributed by atoms with van der Waals surface area (Å²) in [4.78, 5) is 23.3. The molecular weight excluding hydrogens is 342 g/mol. The molecule has 132 valence electrons. The molecule has 0 spiro atoms. The Labute approximate surface area is 151 Å². The van der Waals surface area contributed by atoms with Gasteiger partial charge >= 0.3 is 5.97 Å². The van der Waals surface area contributed by atoms with Gasteiger partial charge in [0.25, 0.3) is 5.91 Å². The van der Waals surface area contributed by atoms with Crippen molar-refractivity contribution in [1.29, 1.82) is 0 Å². The van der Waals surface area contributed by atoms with Crippen LogP contribution in [0, 0.1) is 6.92 Å². The maximum absolute atomic E-state index is 11.7. The Kier molecular flexibility index (Phi) is 7.29. The topological polar surface area (TPSA) is 64.6 Å². The first kappa shape index (κ1) is 18.8. The lowest BCUT2D eigenvalue weighted by atomic mass is 10.1. The van der Waals surface area contributed by atoms with Gasteiger partial charge in [-0.3, -0.25) is 4.79 Å². The van der Waals surface area contributed by atoms with Crippen molar-refractivity contribution in [3.05, 3.63) is 64.7 Å². The van der Waals surface area contributed by atoms with Gasteiger partial charge in [-0.05, 0) is 42.7 Å². The number of carbonyl (C=O) groups is 2. The van der Waals surface area contributed by atoms with Crippen LogP contribution >= 0.6 is 11.6 Å². The molecule has 0 radical (unpaired) electrons. The first-order valence-corrected chi connectivity index (χ1v) is 8.27. The minimum absolute atomic E-state index is 0.233. The maximum Gasteiger partial charge on any atom is 0.344 e. The minimum Gasteiger partial charge on any atom is -0.482 e. The lowest BCUT2D eigenvalue weighted by Gasteiger charge is -2.09. The van der Waals surface area contributed by atoms with E-state index in [0.717, 1.165) is 11.1 Å². The van der Waals surface area contributed by atoms with Crippen LogP contribution in [0.2, 0.25) is 5.02 Å². The second kappa shape index (κ2) is 9.69. The summed E-state index contributed by atoms with van der Waals surface area (Å²) in [6.45, 7) is 1.78. The van der Waals surface area contributed by atoms with Crippen molar-refractivity contribution in [3.8, 4) is 5.75 Å². The molecule has 0 aliphatic rings. The van der Waals surface area contributed by atoms with Crippen LogP contribution < -0.4 is 10.1 Å². The zero-order chi connectivity index (χ0) is 18.1. The number of carbonyl (C=O) groups excluding carboxylic acids is 2. The summed E-state index contributed by atoms with van der Waals surface area (Å²) >= 11 is 5.81. The van der Waals surface area contributed by atoms with Crippen molar-refractivity contribution in [3.63, 3.8) is 0 Å². The van der Waals surface area contributed by atoms with E-state index in [-0.39, 0.29) is 19.1 Å².